The molecule has 2 nitrogen and oxygen atoms in total. The number of nitrogens with one attached hydrogen (secondary N) is 1. The fraction of sp³-hybridized carbons (Fsp3) is 0.684. The van der Waals surface area contributed by atoms with Crippen LogP contribution in [0.2, 0.25) is 0 Å². The number of rotatable bonds is 3. The second-order valence-electron chi connectivity index (χ2n) is 6.82. The fourth-order valence-corrected chi connectivity index (χ4v) is 4.33. The van der Waals surface area contributed by atoms with Crippen LogP contribution < -0.4 is 10.2 Å². The van der Waals surface area contributed by atoms with Crippen molar-refractivity contribution >= 4 is 5.69 Å². The van der Waals surface area contributed by atoms with E-state index >= 15 is 0 Å². The molecule has 1 N–H and O–H groups in total. The summed E-state index contributed by atoms with van der Waals surface area (Å²) in [5.41, 5.74) is 3.00. The van der Waals surface area contributed by atoms with Crippen molar-refractivity contribution in [2.24, 2.45) is 5.92 Å². The second-order valence-corrected chi connectivity index (χ2v) is 6.82. The first-order valence-electron chi connectivity index (χ1n) is 8.86. The van der Waals surface area contributed by atoms with E-state index in [0.29, 0.717) is 6.04 Å². The summed E-state index contributed by atoms with van der Waals surface area (Å²) >= 11 is 0. The van der Waals surface area contributed by atoms with Crippen LogP contribution in [0, 0.1) is 5.92 Å². The molecule has 1 aromatic carbocycles. The lowest BCUT2D eigenvalue weighted by atomic mass is 9.83. The van der Waals surface area contributed by atoms with Crippen LogP contribution in [0.25, 0.3) is 0 Å². The van der Waals surface area contributed by atoms with Gasteiger partial charge < -0.3 is 10.2 Å². The summed E-state index contributed by atoms with van der Waals surface area (Å²) in [6.45, 7) is 3.58. The molecule has 1 aliphatic carbocycles. The molecule has 0 bridgehead atoms. The minimum absolute atomic E-state index is 0.526. The second kappa shape index (κ2) is 6.83. The molecule has 0 aromatic heterocycles. The summed E-state index contributed by atoms with van der Waals surface area (Å²) < 4.78 is 0. The Balaban J connectivity index is 1.82. The summed E-state index contributed by atoms with van der Waals surface area (Å²) in [5.74, 6) is 0.980. The van der Waals surface area contributed by atoms with Crippen molar-refractivity contribution in [3.8, 4) is 0 Å². The molecule has 21 heavy (non-hydrogen) atoms. The first-order chi connectivity index (χ1) is 10.3. The van der Waals surface area contributed by atoms with Gasteiger partial charge in [-0.15, -0.1) is 0 Å². The lowest BCUT2D eigenvalue weighted by Gasteiger charge is -2.38. The standard InChI is InChI=1S/C19H30N2/c1-3-15-10-12-16(13-11-15)21-14-6-8-18(20-2)17-7-4-5-9-19(17)21/h4-5,7,9,15-16,18,20H,3,6,8,10-14H2,1-2H3. The Morgan fingerprint density at radius 2 is 1.86 bits per heavy atom. The Morgan fingerprint density at radius 3 is 2.57 bits per heavy atom. The molecule has 3 rings (SSSR count). The third-order valence-corrected chi connectivity index (χ3v) is 5.70. The number of hydrogen-bond donors (Lipinski definition) is 1. The molecule has 1 aromatic rings. The van der Waals surface area contributed by atoms with Crippen LogP contribution in [0.5, 0.6) is 0 Å². The van der Waals surface area contributed by atoms with Crippen LogP contribution in [0.3, 0.4) is 0 Å². The van der Waals surface area contributed by atoms with Crippen molar-refractivity contribution < 1.29 is 0 Å². The summed E-state index contributed by atoms with van der Waals surface area (Å²) in [7, 11) is 2.10. The topological polar surface area (TPSA) is 15.3 Å². The number of fused-ring (bicyclic) bond motifs is 1. The number of anilines is 1. The van der Waals surface area contributed by atoms with Gasteiger partial charge in [-0.1, -0.05) is 31.5 Å². The molecule has 0 saturated heterocycles. The Kier molecular flexibility index (Phi) is 4.84. The third kappa shape index (κ3) is 3.11. The number of nitrogens with zero attached hydrogens (tertiary/aromatic N) is 1. The van der Waals surface area contributed by atoms with Crippen LogP contribution in [-0.2, 0) is 0 Å². The van der Waals surface area contributed by atoms with Gasteiger partial charge >= 0.3 is 0 Å². The van der Waals surface area contributed by atoms with Gasteiger partial charge in [0.05, 0.1) is 0 Å². The molecule has 1 saturated carbocycles. The predicted molar refractivity (Wildman–Crippen MR) is 90.9 cm³/mol. The Morgan fingerprint density at radius 1 is 1.10 bits per heavy atom. The molecule has 0 amide bonds. The van der Waals surface area contributed by atoms with E-state index in [0.717, 1.165) is 12.0 Å². The molecule has 1 heterocycles. The highest BCUT2D eigenvalue weighted by Crippen LogP contribution is 2.38. The average Bonchev–Trinajstić information content (AvgIpc) is 2.74. The zero-order valence-corrected chi connectivity index (χ0v) is 13.6. The van der Waals surface area contributed by atoms with Gasteiger partial charge in [0.2, 0.25) is 0 Å². The highest BCUT2D eigenvalue weighted by Gasteiger charge is 2.29. The zero-order chi connectivity index (χ0) is 14.7. The van der Waals surface area contributed by atoms with Crippen LogP contribution in [0.4, 0.5) is 5.69 Å². The summed E-state index contributed by atoms with van der Waals surface area (Å²) in [6.07, 6.45) is 9.55. The molecule has 1 unspecified atom stereocenters. The summed E-state index contributed by atoms with van der Waals surface area (Å²) in [6, 6.07) is 10.4. The fourth-order valence-electron chi connectivity index (χ4n) is 4.33. The monoisotopic (exact) mass is 286 g/mol. The first kappa shape index (κ1) is 14.9. The van der Waals surface area contributed by atoms with Gasteiger partial charge in [0.15, 0.2) is 0 Å². The number of benzene rings is 1. The van der Waals surface area contributed by atoms with Gasteiger partial charge in [-0.25, -0.2) is 0 Å². The number of hydrogen-bond acceptors (Lipinski definition) is 2. The molecule has 116 valence electrons. The van der Waals surface area contributed by atoms with E-state index in [2.05, 4.69) is 48.5 Å². The van der Waals surface area contributed by atoms with Gasteiger partial charge in [0, 0.05) is 24.3 Å². The molecular formula is C19H30N2. The predicted octanol–water partition coefficient (Wildman–Crippen LogP) is 4.52. The minimum Gasteiger partial charge on any atom is -0.368 e. The molecule has 2 aliphatic rings. The smallest absolute Gasteiger partial charge is 0.0417 e. The van der Waals surface area contributed by atoms with E-state index in [1.165, 1.54) is 62.7 Å². The summed E-state index contributed by atoms with van der Waals surface area (Å²) in [4.78, 5) is 2.73. The maximum Gasteiger partial charge on any atom is 0.0417 e. The first-order valence-corrected chi connectivity index (χ1v) is 8.86. The van der Waals surface area contributed by atoms with E-state index in [4.69, 9.17) is 0 Å². The third-order valence-electron chi connectivity index (χ3n) is 5.70. The van der Waals surface area contributed by atoms with Crippen molar-refractivity contribution in [2.45, 2.75) is 64.0 Å². The van der Waals surface area contributed by atoms with Crippen molar-refractivity contribution in [1.29, 1.82) is 0 Å². The maximum atomic E-state index is 3.51. The molecular weight excluding hydrogens is 256 g/mol. The normalized spacial score (nSPS) is 29.8. The van der Waals surface area contributed by atoms with Crippen LogP contribution in [0.1, 0.15) is 63.5 Å². The van der Waals surface area contributed by atoms with Gasteiger partial charge in [-0.05, 0) is 63.1 Å². The molecule has 1 atom stereocenters. The zero-order valence-electron chi connectivity index (χ0n) is 13.6. The number of para-hydroxylation sites is 1. The average molecular weight is 286 g/mol. The Bertz CT molecular complexity index is 449. The van der Waals surface area contributed by atoms with Gasteiger partial charge in [0.25, 0.3) is 0 Å². The maximum absolute atomic E-state index is 3.51. The van der Waals surface area contributed by atoms with Crippen molar-refractivity contribution in [3.05, 3.63) is 29.8 Å². The van der Waals surface area contributed by atoms with Crippen LogP contribution in [-0.4, -0.2) is 19.6 Å². The summed E-state index contributed by atoms with van der Waals surface area (Å²) in [5, 5.41) is 3.51. The van der Waals surface area contributed by atoms with Crippen LogP contribution >= 0.6 is 0 Å². The molecule has 1 aliphatic heterocycles. The van der Waals surface area contributed by atoms with E-state index in [-0.39, 0.29) is 0 Å². The Labute approximate surface area is 129 Å². The van der Waals surface area contributed by atoms with Crippen molar-refractivity contribution in [3.63, 3.8) is 0 Å². The largest absolute Gasteiger partial charge is 0.368 e. The minimum atomic E-state index is 0.526. The molecule has 2 heteroatoms. The SMILES string of the molecule is CCC1CCC(N2CCCC(NC)c3ccccc32)CC1. The van der Waals surface area contributed by atoms with Crippen molar-refractivity contribution in [1.82, 2.24) is 5.32 Å². The van der Waals surface area contributed by atoms with Gasteiger partial charge in [0.1, 0.15) is 0 Å². The van der Waals surface area contributed by atoms with Crippen molar-refractivity contribution in [2.75, 3.05) is 18.5 Å². The van der Waals surface area contributed by atoms with E-state index < -0.39 is 0 Å². The van der Waals surface area contributed by atoms with E-state index in [1.807, 2.05) is 0 Å². The highest BCUT2D eigenvalue weighted by molar-refractivity contribution is 5.56. The van der Waals surface area contributed by atoms with Gasteiger partial charge in [-0.3, -0.25) is 0 Å². The Hall–Kier alpha value is -1.02. The lowest BCUT2D eigenvalue weighted by Crippen LogP contribution is -2.38. The molecule has 0 spiro atoms. The lowest BCUT2D eigenvalue weighted by molar-refractivity contribution is 0.308. The van der Waals surface area contributed by atoms with Crippen LogP contribution in [0.15, 0.2) is 24.3 Å². The van der Waals surface area contributed by atoms with E-state index in [1.54, 1.807) is 0 Å². The van der Waals surface area contributed by atoms with E-state index in [9.17, 15) is 0 Å². The quantitative estimate of drug-likeness (QED) is 0.879. The highest BCUT2D eigenvalue weighted by atomic mass is 15.2. The molecule has 0 radical (unpaired) electrons. The molecule has 1 fully saturated rings. The van der Waals surface area contributed by atoms with Gasteiger partial charge in [-0.2, -0.15) is 0 Å².